The molecule has 0 fully saturated rings. The second-order valence-electron chi connectivity index (χ2n) is 5.06. The van der Waals surface area contributed by atoms with E-state index in [-0.39, 0.29) is 39.7 Å². The van der Waals surface area contributed by atoms with Gasteiger partial charge in [0.1, 0.15) is 0 Å². The number of fused-ring (bicyclic) bond motifs is 3. The smallest absolute Gasteiger partial charge is 0.0253 e. The summed E-state index contributed by atoms with van der Waals surface area (Å²) in [5.41, 5.74) is 6.87. The van der Waals surface area contributed by atoms with Crippen molar-refractivity contribution in [3.05, 3.63) is 98.3 Å². The minimum Gasteiger partial charge on any atom is -0.179 e. The topological polar surface area (TPSA) is 0 Å². The molecule has 0 radical (unpaired) electrons. The Labute approximate surface area is 189 Å². The van der Waals surface area contributed by atoms with E-state index in [2.05, 4.69) is 67.6 Å². The van der Waals surface area contributed by atoms with Crippen LogP contribution in [-0.2, 0) is 29.8 Å². The van der Waals surface area contributed by atoms with Crippen LogP contribution in [-0.4, -0.2) is 6.88 Å². The molecule has 2 aromatic carbocycles. The number of halogens is 2. The second kappa shape index (κ2) is 16.8. The van der Waals surface area contributed by atoms with Crippen molar-refractivity contribution in [3.8, 4) is 11.1 Å². The Morgan fingerprint density at radius 1 is 1.00 bits per heavy atom. The molecule has 0 atom stereocenters. The quantitative estimate of drug-likeness (QED) is 0.296. The van der Waals surface area contributed by atoms with E-state index in [0.29, 0.717) is 0 Å². The zero-order chi connectivity index (χ0) is 15.8. The van der Waals surface area contributed by atoms with Crippen LogP contribution in [0.15, 0.2) is 60.2 Å². The van der Waals surface area contributed by atoms with Gasteiger partial charge in [0.15, 0.2) is 0 Å². The van der Waals surface area contributed by atoms with Gasteiger partial charge in [-0.15, -0.1) is 36.8 Å². The molecule has 0 bridgehead atoms. The normalized spacial score (nSPS) is 11.0. The average molecular weight is 483 g/mol. The summed E-state index contributed by atoms with van der Waals surface area (Å²) in [5, 5.41) is 0. The molecular weight excluding hydrogens is 454 g/mol. The standard InChI is InChI=1S/C13H9.C7H9.2CH3.2ClH.H2Si.Zr/c1-3-7-12-10(5-1)9-11-6-2-4-8-13(11)12;1-2-7-5-3-4-6-7;;;;;;/h1-5,7-8H,9H2;3,5H,2,4H2,1H3;2*1H3;2*1H;1H2;/q4*-1;;;;. The fraction of sp³-hybridized carbons (Fsp3) is 0.182. The molecule has 142 valence electrons. The van der Waals surface area contributed by atoms with E-state index in [4.69, 9.17) is 0 Å². The van der Waals surface area contributed by atoms with Gasteiger partial charge < -0.3 is 14.9 Å². The Kier molecular flexibility index (Phi) is 19.5. The van der Waals surface area contributed by atoms with Crippen LogP contribution in [0, 0.1) is 27.0 Å². The summed E-state index contributed by atoms with van der Waals surface area (Å²) < 4.78 is 0. The van der Waals surface area contributed by atoms with Crippen molar-refractivity contribution in [2.24, 2.45) is 0 Å². The molecule has 4 heteroatoms. The number of hydrogen-bond acceptors (Lipinski definition) is 0. The van der Waals surface area contributed by atoms with Gasteiger partial charge in [0, 0.05) is 0 Å². The molecule has 0 amide bonds. The van der Waals surface area contributed by atoms with Crippen LogP contribution in [0.25, 0.3) is 11.1 Å². The summed E-state index contributed by atoms with van der Waals surface area (Å²) in [6.07, 6.45) is 10.7. The van der Waals surface area contributed by atoms with Crippen molar-refractivity contribution in [3.63, 3.8) is 0 Å². The van der Waals surface area contributed by atoms with Crippen LogP contribution < -0.4 is 0 Å². The summed E-state index contributed by atoms with van der Waals surface area (Å²) in [6.45, 7) is 4.10. The van der Waals surface area contributed by atoms with Gasteiger partial charge in [0.2, 0.25) is 0 Å². The summed E-state index contributed by atoms with van der Waals surface area (Å²) in [4.78, 5) is 0. The van der Waals surface area contributed by atoms with Crippen LogP contribution in [0.4, 0.5) is 0 Å². The van der Waals surface area contributed by atoms with E-state index in [0.717, 1.165) is 19.3 Å². The molecule has 0 aliphatic heterocycles. The molecule has 0 N–H and O–H groups in total. The molecule has 0 unspecified atom stereocenters. The van der Waals surface area contributed by atoms with Crippen LogP contribution in [0.1, 0.15) is 30.9 Å². The van der Waals surface area contributed by atoms with E-state index >= 15 is 0 Å². The van der Waals surface area contributed by atoms with E-state index < -0.39 is 0 Å². The van der Waals surface area contributed by atoms with E-state index in [1.807, 2.05) is 12.9 Å². The first-order valence-electron chi connectivity index (χ1n) is 7.58. The number of benzene rings is 2. The maximum atomic E-state index is 3.30. The van der Waals surface area contributed by atoms with Gasteiger partial charge in [-0.2, -0.15) is 35.9 Å². The second-order valence-corrected chi connectivity index (χ2v) is 5.06. The molecule has 2 aliphatic carbocycles. The number of hydrogen-bond donors (Lipinski definition) is 0. The molecule has 0 nitrogen and oxygen atoms in total. The molecule has 4 rings (SSSR count). The summed E-state index contributed by atoms with van der Waals surface area (Å²) in [7, 11) is 0. The first-order chi connectivity index (χ1) is 10.9. The molecule has 2 aromatic rings. The number of rotatable bonds is 1. The molecule has 0 spiro atoms. The van der Waals surface area contributed by atoms with Gasteiger partial charge in [-0.05, 0) is 6.42 Å². The van der Waals surface area contributed by atoms with Gasteiger partial charge in [-0.25, -0.2) is 11.6 Å². The predicted molar refractivity (Wildman–Crippen MR) is 120 cm³/mol. The monoisotopic (exact) mass is 480 g/mol. The van der Waals surface area contributed by atoms with Crippen LogP contribution in [0.5, 0.6) is 0 Å². The Morgan fingerprint density at radius 2 is 1.65 bits per heavy atom. The Hall–Kier alpha value is -0.400. The van der Waals surface area contributed by atoms with Gasteiger partial charge in [0.25, 0.3) is 0 Å². The van der Waals surface area contributed by atoms with Crippen molar-refractivity contribution < 1.29 is 23.3 Å². The van der Waals surface area contributed by atoms with Crippen molar-refractivity contribution in [1.29, 1.82) is 0 Å². The van der Waals surface area contributed by atoms with Crippen LogP contribution >= 0.6 is 24.8 Å². The van der Waals surface area contributed by atoms with E-state index in [9.17, 15) is 0 Å². The fourth-order valence-corrected chi connectivity index (χ4v) is 2.69. The Bertz CT molecular complexity index is 653. The van der Waals surface area contributed by atoms with Gasteiger partial charge in [-0.1, -0.05) is 48.7 Å². The van der Waals surface area contributed by atoms with Gasteiger partial charge in [-0.3, -0.25) is 6.08 Å². The summed E-state index contributed by atoms with van der Waals surface area (Å²) in [6, 6.07) is 18.1. The average Bonchev–Trinajstić information content (AvgIpc) is 3.24. The molecule has 26 heavy (non-hydrogen) atoms. The Morgan fingerprint density at radius 3 is 2.23 bits per heavy atom. The number of allylic oxidation sites excluding steroid dienone is 4. The van der Waals surface area contributed by atoms with E-state index in [1.165, 1.54) is 27.8 Å². The SMILES string of the molecule is CCC1=[C-]CC=C1.Cl.Cl.[CH3-].[CH3-].[SiH2]=[Zr].[c-]1cccc2c1Cc1ccccc1-2. The predicted octanol–water partition coefficient (Wildman–Crippen LogP) is 5.97. The summed E-state index contributed by atoms with van der Waals surface area (Å²) >= 11 is 1.58. The Balaban J connectivity index is -0.000000360. The van der Waals surface area contributed by atoms with Crippen molar-refractivity contribution in [2.45, 2.75) is 26.2 Å². The van der Waals surface area contributed by atoms with Gasteiger partial charge >= 0.3 is 30.2 Å². The molecule has 0 saturated heterocycles. The molecule has 0 heterocycles. The molecule has 2 aliphatic rings. The summed E-state index contributed by atoms with van der Waals surface area (Å²) in [5.74, 6) is 0. The largest absolute Gasteiger partial charge is 0.179 e. The third kappa shape index (κ3) is 8.09. The van der Waals surface area contributed by atoms with Crippen molar-refractivity contribution in [1.82, 2.24) is 0 Å². The van der Waals surface area contributed by atoms with Gasteiger partial charge in [0.05, 0.1) is 0 Å². The fourth-order valence-electron chi connectivity index (χ4n) is 2.69. The van der Waals surface area contributed by atoms with Crippen molar-refractivity contribution in [2.75, 3.05) is 0 Å². The molecule has 0 aromatic heterocycles. The van der Waals surface area contributed by atoms with E-state index in [1.54, 1.807) is 23.3 Å². The minimum absolute atomic E-state index is 0. The zero-order valence-electron chi connectivity index (χ0n) is 15.8. The molecule has 0 saturated carbocycles. The minimum atomic E-state index is 0. The van der Waals surface area contributed by atoms with Crippen LogP contribution in [0.3, 0.4) is 0 Å². The third-order valence-electron chi connectivity index (χ3n) is 3.76. The van der Waals surface area contributed by atoms with Crippen molar-refractivity contribution >= 4 is 31.7 Å². The first kappa shape index (κ1) is 30.3. The first-order valence-corrected chi connectivity index (χ1v) is 13.5. The third-order valence-corrected chi connectivity index (χ3v) is 3.76. The maximum Gasteiger partial charge on any atom is -0.0253 e. The van der Waals surface area contributed by atoms with Crippen LogP contribution in [0.2, 0.25) is 0 Å². The maximum absolute atomic E-state index is 3.30. The zero-order valence-corrected chi connectivity index (χ0v) is 21.3. The molecular formula is C22H28Cl2SiZr-4.